The minimum Gasteiger partial charge on any atom is -0.447 e. The molecule has 9 nitrogen and oxygen atoms in total. The molecule has 2 N–H and O–H groups in total. The second-order valence-corrected chi connectivity index (χ2v) is 7.17. The van der Waals surface area contributed by atoms with Crippen LogP contribution in [0.5, 0.6) is 0 Å². The summed E-state index contributed by atoms with van der Waals surface area (Å²) in [6, 6.07) is 9.77. The van der Waals surface area contributed by atoms with Crippen LogP contribution in [0.3, 0.4) is 0 Å². The first-order chi connectivity index (χ1) is 14.8. The third-order valence-corrected chi connectivity index (χ3v) is 4.92. The molecule has 0 saturated carbocycles. The Balaban J connectivity index is 1.75. The van der Waals surface area contributed by atoms with Gasteiger partial charge in [-0.3, -0.25) is 14.9 Å². The number of carbonyl (C=O) groups excluding carboxylic acids is 3. The molecule has 0 radical (unpaired) electrons. The molecule has 0 bridgehead atoms. The van der Waals surface area contributed by atoms with Crippen LogP contribution in [-0.4, -0.2) is 39.6 Å². The van der Waals surface area contributed by atoms with Crippen LogP contribution < -0.4 is 10.6 Å². The maximum absolute atomic E-state index is 12.6. The van der Waals surface area contributed by atoms with E-state index in [2.05, 4.69) is 20.7 Å². The molecule has 3 aromatic rings. The molecule has 0 aliphatic rings. The molecule has 3 amide bonds. The number of rotatable bonds is 6. The van der Waals surface area contributed by atoms with E-state index in [0.717, 1.165) is 28.3 Å². The highest BCUT2D eigenvalue weighted by Crippen LogP contribution is 2.21. The summed E-state index contributed by atoms with van der Waals surface area (Å²) < 4.78 is 7.22. The molecular formula is C22H25N5O4. The van der Waals surface area contributed by atoms with Crippen molar-refractivity contribution in [3.8, 4) is 0 Å². The molecule has 162 valence electrons. The fourth-order valence-electron chi connectivity index (χ4n) is 3.36. The molecule has 0 aliphatic heterocycles. The van der Waals surface area contributed by atoms with Crippen molar-refractivity contribution >= 4 is 23.6 Å². The smallest absolute Gasteiger partial charge is 0.321 e. The molecule has 0 fully saturated rings. The summed E-state index contributed by atoms with van der Waals surface area (Å²) in [6.45, 7) is 5.71. The Morgan fingerprint density at radius 2 is 1.84 bits per heavy atom. The number of hydrogen-bond donors (Lipinski definition) is 2. The van der Waals surface area contributed by atoms with Crippen molar-refractivity contribution in [2.24, 2.45) is 0 Å². The summed E-state index contributed by atoms with van der Waals surface area (Å²) in [6.07, 6.45) is -0.801. The van der Waals surface area contributed by atoms with Gasteiger partial charge in [-0.25, -0.2) is 14.3 Å². The van der Waals surface area contributed by atoms with Gasteiger partial charge in [0.05, 0.1) is 5.69 Å². The molecule has 0 unspecified atom stereocenters. The fourth-order valence-corrected chi connectivity index (χ4v) is 3.36. The van der Waals surface area contributed by atoms with Gasteiger partial charge in [0.25, 0.3) is 5.91 Å². The van der Waals surface area contributed by atoms with Crippen LogP contribution in [0.2, 0.25) is 0 Å². The average Bonchev–Trinajstić information content (AvgIpc) is 3.12. The first kappa shape index (κ1) is 21.9. The standard InChI is InChI=1S/C22H25N5O4/c1-13-12-18-24-14(2)17(15(3)27(18)26-13)10-11-19(28)31-20(16-8-6-5-7-9-16)21(29)25-22(30)23-4/h5-9,12,20H,10-11H2,1-4H3,(H2,23,25,29,30)/t20-/m1/s1. The lowest BCUT2D eigenvalue weighted by atomic mass is 10.1. The lowest BCUT2D eigenvalue weighted by molar-refractivity contribution is -0.156. The maximum atomic E-state index is 12.6. The van der Waals surface area contributed by atoms with Crippen molar-refractivity contribution in [3.63, 3.8) is 0 Å². The van der Waals surface area contributed by atoms with E-state index < -0.39 is 24.0 Å². The van der Waals surface area contributed by atoms with E-state index in [1.165, 1.54) is 7.05 Å². The lowest BCUT2D eigenvalue weighted by Crippen LogP contribution is -2.41. The Kier molecular flexibility index (Phi) is 6.64. The number of nitrogens with one attached hydrogen (secondary N) is 2. The van der Waals surface area contributed by atoms with E-state index in [1.54, 1.807) is 34.8 Å². The van der Waals surface area contributed by atoms with Crippen LogP contribution in [0.15, 0.2) is 36.4 Å². The molecular weight excluding hydrogens is 398 g/mol. The van der Waals surface area contributed by atoms with Gasteiger partial charge in [0.2, 0.25) is 6.10 Å². The van der Waals surface area contributed by atoms with Crippen molar-refractivity contribution in [1.29, 1.82) is 0 Å². The molecule has 0 aliphatic carbocycles. The Hall–Kier alpha value is -3.75. The Bertz CT molecular complexity index is 1120. The predicted octanol–water partition coefficient (Wildman–Crippen LogP) is 2.33. The number of esters is 1. The lowest BCUT2D eigenvalue weighted by Gasteiger charge is -2.18. The number of aromatic nitrogens is 3. The summed E-state index contributed by atoms with van der Waals surface area (Å²) in [5.74, 6) is -1.28. The molecule has 9 heteroatoms. The van der Waals surface area contributed by atoms with Gasteiger partial charge in [0.1, 0.15) is 0 Å². The Labute approximate surface area is 179 Å². The number of hydrogen-bond acceptors (Lipinski definition) is 6. The third kappa shape index (κ3) is 5.06. The molecule has 2 heterocycles. The topological polar surface area (TPSA) is 115 Å². The Morgan fingerprint density at radius 3 is 2.52 bits per heavy atom. The van der Waals surface area contributed by atoms with E-state index in [1.807, 2.05) is 26.8 Å². The highest BCUT2D eigenvalue weighted by atomic mass is 16.5. The highest BCUT2D eigenvalue weighted by molar-refractivity contribution is 5.97. The van der Waals surface area contributed by atoms with Gasteiger partial charge in [-0.2, -0.15) is 5.10 Å². The van der Waals surface area contributed by atoms with E-state index in [9.17, 15) is 14.4 Å². The molecule has 2 aromatic heterocycles. The van der Waals surface area contributed by atoms with Crippen molar-refractivity contribution < 1.29 is 19.1 Å². The van der Waals surface area contributed by atoms with E-state index in [0.29, 0.717) is 12.0 Å². The normalized spacial score (nSPS) is 11.7. The zero-order valence-corrected chi connectivity index (χ0v) is 17.9. The minimum absolute atomic E-state index is 0.0473. The largest absolute Gasteiger partial charge is 0.447 e. The van der Waals surface area contributed by atoms with Crippen molar-refractivity contribution in [2.45, 2.75) is 39.7 Å². The van der Waals surface area contributed by atoms with Gasteiger partial charge >= 0.3 is 12.0 Å². The predicted molar refractivity (Wildman–Crippen MR) is 113 cm³/mol. The molecule has 1 atom stereocenters. The summed E-state index contributed by atoms with van der Waals surface area (Å²) in [7, 11) is 1.39. The fraction of sp³-hybridized carbons (Fsp3) is 0.318. The first-order valence-corrected chi connectivity index (χ1v) is 9.89. The third-order valence-electron chi connectivity index (χ3n) is 4.92. The number of imide groups is 1. The van der Waals surface area contributed by atoms with Gasteiger partial charge in [-0.1, -0.05) is 30.3 Å². The summed E-state index contributed by atoms with van der Waals surface area (Å²) in [5.41, 5.74) is 4.71. The van der Waals surface area contributed by atoms with Crippen molar-refractivity contribution in [2.75, 3.05) is 7.05 Å². The summed E-state index contributed by atoms with van der Waals surface area (Å²) >= 11 is 0. The summed E-state index contributed by atoms with van der Waals surface area (Å²) in [5, 5.41) is 8.90. The second-order valence-electron chi connectivity index (χ2n) is 7.17. The number of amides is 3. The molecule has 0 saturated heterocycles. The molecule has 0 spiro atoms. The van der Waals surface area contributed by atoms with E-state index >= 15 is 0 Å². The number of benzene rings is 1. The van der Waals surface area contributed by atoms with Crippen LogP contribution in [0.1, 0.15) is 40.7 Å². The van der Waals surface area contributed by atoms with E-state index in [4.69, 9.17) is 4.74 Å². The van der Waals surface area contributed by atoms with E-state index in [-0.39, 0.29) is 6.42 Å². The molecule has 3 rings (SSSR count). The van der Waals surface area contributed by atoms with Gasteiger partial charge in [0.15, 0.2) is 5.65 Å². The number of aryl methyl sites for hydroxylation is 3. The zero-order valence-electron chi connectivity index (χ0n) is 17.9. The van der Waals surface area contributed by atoms with Gasteiger partial charge < -0.3 is 10.1 Å². The highest BCUT2D eigenvalue weighted by Gasteiger charge is 2.26. The van der Waals surface area contributed by atoms with Gasteiger partial charge in [-0.05, 0) is 32.8 Å². The van der Waals surface area contributed by atoms with Crippen LogP contribution in [0, 0.1) is 20.8 Å². The Morgan fingerprint density at radius 1 is 1.13 bits per heavy atom. The van der Waals surface area contributed by atoms with Gasteiger partial charge in [0, 0.05) is 36.5 Å². The number of carbonyl (C=O) groups is 3. The monoisotopic (exact) mass is 423 g/mol. The van der Waals surface area contributed by atoms with Crippen LogP contribution in [0.25, 0.3) is 5.65 Å². The van der Waals surface area contributed by atoms with Crippen molar-refractivity contribution in [3.05, 3.63) is 64.6 Å². The zero-order chi connectivity index (χ0) is 22.5. The van der Waals surface area contributed by atoms with Crippen LogP contribution in [0.4, 0.5) is 4.79 Å². The number of nitrogens with zero attached hydrogens (tertiary/aromatic N) is 3. The maximum Gasteiger partial charge on any atom is 0.321 e. The quantitative estimate of drug-likeness (QED) is 0.588. The van der Waals surface area contributed by atoms with Gasteiger partial charge in [-0.15, -0.1) is 0 Å². The minimum atomic E-state index is -1.23. The van der Waals surface area contributed by atoms with Crippen LogP contribution in [-0.2, 0) is 20.7 Å². The number of fused-ring (bicyclic) bond motifs is 1. The SMILES string of the molecule is CNC(=O)NC(=O)[C@H](OC(=O)CCc1c(C)nc2cc(C)nn2c1C)c1ccccc1. The number of urea groups is 1. The summed E-state index contributed by atoms with van der Waals surface area (Å²) in [4.78, 5) is 41.2. The average molecular weight is 423 g/mol. The second kappa shape index (κ2) is 9.38. The number of ether oxygens (including phenoxy) is 1. The van der Waals surface area contributed by atoms with Crippen LogP contribution >= 0.6 is 0 Å². The van der Waals surface area contributed by atoms with Crippen molar-refractivity contribution in [1.82, 2.24) is 25.2 Å². The molecule has 31 heavy (non-hydrogen) atoms. The molecule has 1 aromatic carbocycles. The first-order valence-electron chi connectivity index (χ1n) is 9.89.